The van der Waals surface area contributed by atoms with Gasteiger partial charge in [0.1, 0.15) is 5.76 Å². The maximum Gasteiger partial charge on any atom is 0.277 e. The summed E-state index contributed by atoms with van der Waals surface area (Å²) in [5.41, 5.74) is 2.83. The summed E-state index contributed by atoms with van der Waals surface area (Å²) < 4.78 is 7.43. The minimum atomic E-state index is -0.260. The number of anilines is 1. The molecule has 6 nitrogen and oxygen atoms in total. The summed E-state index contributed by atoms with van der Waals surface area (Å²) in [5.74, 6) is 2.05. The molecule has 1 N–H and O–H groups in total. The van der Waals surface area contributed by atoms with E-state index in [1.54, 1.807) is 17.8 Å². The second-order valence-electron chi connectivity index (χ2n) is 6.34. The predicted molar refractivity (Wildman–Crippen MR) is 94.8 cm³/mol. The van der Waals surface area contributed by atoms with Gasteiger partial charge in [0.15, 0.2) is 10.9 Å². The van der Waals surface area contributed by atoms with E-state index in [2.05, 4.69) is 20.0 Å². The van der Waals surface area contributed by atoms with E-state index in [1.165, 1.54) is 0 Å². The Morgan fingerprint density at radius 3 is 3.04 bits per heavy atom. The molecule has 3 heterocycles. The van der Waals surface area contributed by atoms with Crippen LogP contribution in [0.25, 0.3) is 11.3 Å². The lowest BCUT2D eigenvalue weighted by atomic mass is 10.1. The van der Waals surface area contributed by atoms with Crippen molar-refractivity contribution in [2.45, 2.75) is 30.5 Å². The van der Waals surface area contributed by atoms with Crippen molar-refractivity contribution in [3.63, 3.8) is 0 Å². The van der Waals surface area contributed by atoms with Gasteiger partial charge in [-0.15, -0.1) is 0 Å². The van der Waals surface area contributed by atoms with E-state index in [1.807, 2.05) is 30.5 Å². The van der Waals surface area contributed by atoms with Crippen LogP contribution in [0.2, 0.25) is 0 Å². The Morgan fingerprint density at radius 1 is 1.32 bits per heavy atom. The van der Waals surface area contributed by atoms with Crippen LogP contribution < -0.4 is 5.32 Å². The van der Waals surface area contributed by atoms with Crippen molar-refractivity contribution in [2.75, 3.05) is 11.1 Å². The third-order valence-corrected chi connectivity index (χ3v) is 5.47. The number of hydrogen-bond acceptors (Lipinski definition) is 5. The summed E-state index contributed by atoms with van der Waals surface area (Å²) in [5, 5.41) is 7.88. The quantitative estimate of drug-likeness (QED) is 0.774. The molecule has 7 heteroatoms. The highest BCUT2D eigenvalue weighted by Crippen LogP contribution is 2.40. The first kappa shape index (κ1) is 14.8. The van der Waals surface area contributed by atoms with Crippen molar-refractivity contribution in [2.24, 2.45) is 0 Å². The molecule has 0 radical (unpaired) electrons. The Hall–Kier alpha value is -2.54. The van der Waals surface area contributed by atoms with E-state index in [0.717, 1.165) is 53.0 Å². The number of amides is 1. The van der Waals surface area contributed by atoms with Crippen LogP contribution in [0.1, 0.15) is 35.0 Å². The third-order valence-electron chi connectivity index (χ3n) is 4.50. The van der Waals surface area contributed by atoms with E-state index in [-0.39, 0.29) is 5.91 Å². The molecule has 2 aromatic heterocycles. The van der Waals surface area contributed by atoms with Crippen molar-refractivity contribution in [3.8, 4) is 11.3 Å². The highest BCUT2D eigenvalue weighted by Gasteiger charge is 2.29. The second-order valence-corrected chi connectivity index (χ2v) is 7.40. The molecule has 0 spiro atoms. The molecule has 1 aromatic carbocycles. The Bertz CT molecular complexity index is 936. The van der Waals surface area contributed by atoms with Gasteiger partial charge in [-0.1, -0.05) is 35.1 Å². The molecule has 1 saturated carbocycles. The number of thioether (sulfide) groups is 1. The molecule has 126 valence electrons. The SMILES string of the molecule is O=C(Nc1ccccc1-c1cn2c(n1)SCC2)c1cc(C2CC2)on1. The summed E-state index contributed by atoms with van der Waals surface area (Å²) in [4.78, 5) is 17.2. The maximum absolute atomic E-state index is 12.5. The Labute approximate surface area is 148 Å². The number of rotatable bonds is 4. The van der Waals surface area contributed by atoms with Crippen LogP contribution in [0.15, 0.2) is 46.2 Å². The van der Waals surface area contributed by atoms with Crippen LogP contribution in [0.4, 0.5) is 5.69 Å². The number of nitrogens with one attached hydrogen (secondary N) is 1. The fourth-order valence-electron chi connectivity index (χ4n) is 3.00. The Kier molecular flexibility index (Phi) is 3.41. The van der Waals surface area contributed by atoms with Gasteiger partial charge < -0.3 is 14.4 Å². The first-order chi connectivity index (χ1) is 12.3. The standard InChI is InChI=1S/C18H16N4O2S/c23-17(14-9-16(24-21-14)11-5-6-11)19-13-4-2-1-3-12(13)15-10-22-7-8-25-18(22)20-15/h1-4,9-11H,5-8H2,(H,19,23). The molecule has 2 aliphatic rings. The fraction of sp³-hybridized carbons (Fsp3) is 0.278. The molecule has 1 aliphatic carbocycles. The summed E-state index contributed by atoms with van der Waals surface area (Å²) in [7, 11) is 0. The molecule has 0 bridgehead atoms. The summed E-state index contributed by atoms with van der Waals surface area (Å²) in [6.45, 7) is 0.977. The number of carbonyl (C=O) groups excluding carboxylic acids is 1. The molecule has 1 fully saturated rings. The Morgan fingerprint density at radius 2 is 2.20 bits per heavy atom. The van der Waals surface area contributed by atoms with Crippen LogP contribution >= 0.6 is 11.8 Å². The molecule has 0 atom stereocenters. The van der Waals surface area contributed by atoms with Gasteiger partial charge in [-0.2, -0.15) is 0 Å². The number of para-hydroxylation sites is 1. The lowest BCUT2D eigenvalue weighted by molar-refractivity contribution is 0.101. The van der Waals surface area contributed by atoms with Crippen molar-refractivity contribution in [1.29, 1.82) is 0 Å². The minimum Gasteiger partial charge on any atom is -0.360 e. The molecule has 1 amide bonds. The zero-order chi connectivity index (χ0) is 16.8. The monoisotopic (exact) mass is 352 g/mol. The fourth-order valence-corrected chi connectivity index (χ4v) is 3.94. The molecule has 0 saturated heterocycles. The van der Waals surface area contributed by atoms with Gasteiger partial charge in [-0.05, 0) is 18.9 Å². The number of aromatic nitrogens is 3. The van der Waals surface area contributed by atoms with E-state index in [9.17, 15) is 4.79 Å². The van der Waals surface area contributed by atoms with Gasteiger partial charge in [-0.25, -0.2) is 4.98 Å². The number of hydrogen-bond donors (Lipinski definition) is 1. The van der Waals surface area contributed by atoms with Crippen molar-refractivity contribution < 1.29 is 9.32 Å². The lowest BCUT2D eigenvalue weighted by Gasteiger charge is -2.08. The van der Waals surface area contributed by atoms with Crippen molar-refractivity contribution in [3.05, 3.63) is 48.0 Å². The van der Waals surface area contributed by atoms with Gasteiger partial charge in [0.2, 0.25) is 0 Å². The van der Waals surface area contributed by atoms with E-state index in [4.69, 9.17) is 4.52 Å². The smallest absolute Gasteiger partial charge is 0.277 e. The average molecular weight is 352 g/mol. The highest BCUT2D eigenvalue weighted by molar-refractivity contribution is 7.99. The second kappa shape index (κ2) is 5.77. The molecule has 5 rings (SSSR count). The van der Waals surface area contributed by atoms with Crippen LogP contribution in [0.3, 0.4) is 0 Å². The molecular formula is C18H16N4O2S. The van der Waals surface area contributed by atoms with E-state index >= 15 is 0 Å². The molecule has 0 unspecified atom stereocenters. The number of nitrogens with zero attached hydrogens (tertiary/aromatic N) is 3. The van der Waals surface area contributed by atoms with Gasteiger partial charge in [0.05, 0.1) is 11.4 Å². The van der Waals surface area contributed by atoms with Gasteiger partial charge in [0, 0.05) is 36.0 Å². The minimum absolute atomic E-state index is 0.260. The highest BCUT2D eigenvalue weighted by atomic mass is 32.2. The number of imidazole rings is 1. The van der Waals surface area contributed by atoms with Crippen LogP contribution in [-0.2, 0) is 6.54 Å². The summed E-state index contributed by atoms with van der Waals surface area (Å²) in [6, 6.07) is 9.45. The van der Waals surface area contributed by atoms with E-state index < -0.39 is 0 Å². The van der Waals surface area contributed by atoms with Gasteiger partial charge in [-0.3, -0.25) is 4.79 Å². The topological polar surface area (TPSA) is 73.0 Å². The first-order valence-corrected chi connectivity index (χ1v) is 9.34. The number of fused-ring (bicyclic) bond motifs is 1. The first-order valence-electron chi connectivity index (χ1n) is 8.35. The summed E-state index contributed by atoms with van der Waals surface area (Å²) in [6.07, 6.45) is 4.27. The molecule has 3 aromatic rings. The third kappa shape index (κ3) is 2.74. The zero-order valence-electron chi connectivity index (χ0n) is 13.4. The van der Waals surface area contributed by atoms with E-state index in [0.29, 0.717) is 11.6 Å². The number of carbonyl (C=O) groups is 1. The predicted octanol–water partition coefficient (Wildman–Crippen LogP) is 3.77. The molecule has 1 aliphatic heterocycles. The summed E-state index contributed by atoms with van der Waals surface area (Å²) >= 11 is 1.75. The van der Waals surface area contributed by atoms with Crippen molar-refractivity contribution in [1.82, 2.24) is 14.7 Å². The Balaban J connectivity index is 1.42. The number of benzene rings is 1. The van der Waals surface area contributed by atoms with Crippen molar-refractivity contribution >= 4 is 23.4 Å². The maximum atomic E-state index is 12.5. The normalized spacial score (nSPS) is 16.0. The molecular weight excluding hydrogens is 336 g/mol. The van der Waals surface area contributed by atoms with Crippen LogP contribution in [0, 0.1) is 0 Å². The van der Waals surface area contributed by atoms with Gasteiger partial charge in [0.25, 0.3) is 5.91 Å². The average Bonchev–Trinajstić information content (AvgIpc) is 3.03. The lowest BCUT2D eigenvalue weighted by Crippen LogP contribution is -2.13. The van der Waals surface area contributed by atoms with Gasteiger partial charge >= 0.3 is 0 Å². The van der Waals surface area contributed by atoms with Crippen LogP contribution in [0.5, 0.6) is 0 Å². The number of aryl methyl sites for hydroxylation is 1. The zero-order valence-corrected chi connectivity index (χ0v) is 14.3. The molecule has 25 heavy (non-hydrogen) atoms. The van der Waals surface area contributed by atoms with Crippen LogP contribution in [-0.4, -0.2) is 26.4 Å². The largest absolute Gasteiger partial charge is 0.360 e.